The molecule has 94 valence electrons. The molecule has 1 N–H and O–H groups in total. The second-order valence-corrected chi connectivity index (χ2v) is 5.46. The van der Waals surface area contributed by atoms with E-state index < -0.39 is 11.7 Å². The van der Waals surface area contributed by atoms with Gasteiger partial charge in [-0.1, -0.05) is 27.7 Å². The molecule has 0 aromatic heterocycles. The molecule has 0 saturated heterocycles. The van der Waals surface area contributed by atoms with Crippen molar-refractivity contribution in [3.8, 4) is 0 Å². The molecular formula is C12H24N2O2. The molecule has 0 rings (SSSR count). The highest BCUT2D eigenvalue weighted by atomic mass is 16.6. The number of amides is 1. The predicted molar refractivity (Wildman–Crippen MR) is 66.5 cm³/mol. The molecular weight excluding hydrogens is 204 g/mol. The summed E-state index contributed by atoms with van der Waals surface area (Å²) < 4.78 is 5.09. The van der Waals surface area contributed by atoms with E-state index in [1.807, 2.05) is 20.8 Å². The third-order valence-corrected chi connectivity index (χ3v) is 1.86. The van der Waals surface area contributed by atoms with Crippen LogP contribution in [0, 0.1) is 11.8 Å². The van der Waals surface area contributed by atoms with Gasteiger partial charge in [0.15, 0.2) is 0 Å². The first-order valence-corrected chi connectivity index (χ1v) is 5.70. The van der Waals surface area contributed by atoms with Gasteiger partial charge < -0.3 is 4.74 Å². The molecule has 0 unspecified atom stereocenters. The maximum Gasteiger partial charge on any atom is 0.428 e. The number of hydrogen-bond acceptors (Lipinski definition) is 3. The smallest absolute Gasteiger partial charge is 0.428 e. The maximum absolute atomic E-state index is 11.4. The molecule has 4 heteroatoms. The average molecular weight is 228 g/mol. The summed E-state index contributed by atoms with van der Waals surface area (Å²) in [7, 11) is 0. The van der Waals surface area contributed by atoms with Crippen molar-refractivity contribution < 1.29 is 9.53 Å². The van der Waals surface area contributed by atoms with Gasteiger partial charge in [-0.25, -0.2) is 10.2 Å². The Bertz CT molecular complexity index is 253. The summed E-state index contributed by atoms with van der Waals surface area (Å²) in [5.41, 5.74) is 2.90. The van der Waals surface area contributed by atoms with E-state index in [1.54, 1.807) is 0 Å². The van der Waals surface area contributed by atoms with Crippen LogP contribution in [0.5, 0.6) is 0 Å². The molecule has 0 spiro atoms. The Morgan fingerprint density at radius 1 is 1.12 bits per heavy atom. The quantitative estimate of drug-likeness (QED) is 0.595. The minimum absolute atomic E-state index is 0.315. The largest absolute Gasteiger partial charge is 0.443 e. The Morgan fingerprint density at radius 2 is 1.56 bits per heavy atom. The number of nitrogens with zero attached hydrogens (tertiary/aromatic N) is 1. The zero-order chi connectivity index (χ0) is 12.9. The molecule has 0 aliphatic carbocycles. The lowest BCUT2D eigenvalue weighted by atomic mass is 9.98. The van der Waals surface area contributed by atoms with Gasteiger partial charge in [0.05, 0.1) is 0 Å². The monoisotopic (exact) mass is 228 g/mol. The fourth-order valence-corrected chi connectivity index (χ4v) is 1.34. The Kier molecular flexibility index (Phi) is 5.48. The van der Waals surface area contributed by atoms with E-state index in [0.29, 0.717) is 11.8 Å². The van der Waals surface area contributed by atoms with Crippen LogP contribution in [0.4, 0.5) is 4.79 Å². The van der Waals surface area contributed by atoms with Crippen LogP contribution in [0.25, 0.3) is 0 Å². The molecule has 0 aromatic rings. The van der Waals surface area contributed by atoms with Gasteiger partial charge >= 0.3 is 6.09 Å². The molecule has 0 aliphatic heterocycles. The highest BCUT2D eigenvalue weighted by Crippen LogP contribution is 2.08. The van der Waals surface area contributed by atoms with E-state index in [0.717, 1.165) is 5.71 Å². The van der Waals surface area contributed by atoms with Crippen LogP contribution >= 0.6 is 0 Å². The van der Waals surface area contributed by atoms with Gasteiger partial charge in [0.25, 0.3) is 0 Å². The molecule has 0 aromatic carbocycles. The van der Waals surface area contributed by atoms with Crippen molar-refractivity contribution in [3.63, 3.8) is 0 Å². The summed E-state index contributed by atoms with van der Waals surface area (Å²) in [6.45, 7) is 13.7. The molecule has 0 atom stereocenters. The first-order chi connectivity index (χ1) is 7.13. The average Bonchev–Trinajstić information content (AvgIpc) is 1.98. The van der Waals surface area contributed by atoms with Gasteiger partial charge in [0, 0.05) is 5.71 Å². The van der Waals surface area contributed by atoms with Crippen LogP contribution in [0.2, 0.25) is 0 Å². The minimum atomic E-state index is -0.508. The molecule has 0 bridgehead atoms. The molecule has 0 heterocycles. The van der Waals surface area contributed by atoms with Gasteiger partial charge in [-0.15, -0.1) is 0 Å². The Hall–Kier alpha value is -1.06. The Morgan fingerprint density at radius 3 is 1.88 bits per heavy atom. The second-order valence-electron chi connectivity index (χ2n) is 5.46. The lowest BCUT2D eigenvalue weighted by molar-refractivity contribution is 0.0529. The van der Waals surface area contributed by atoms with E-state index in [9.17, 15) is 4.79 Å². The first kappa shape index (κ1) is 14.9. The van der Waals surface area contributed by atoms with E-state index in [-0.39, 0.29) is 0 Å². The fraction of sp³-hybridized carbons (Fsp3) is 0.833. The van der Waals surface area contributed by atoms with Gasteiger partial charge in [-0.2, -0.15) is 5.10 Å². The maximum atomic E-state index is 11.4. The highest BCUT2D eigenvalue weighted by molar-refractivity contribution is 5.88. The van der Waals surface area contributed by atoms with E-state index >= 15 is 0 Å². The standard InChI is InChI=1S/C12H24N2O2/c1-8(2)10(9(3)4)13-14-11(15)16-12(5,6)7/h8-9H,1-7H3,(H,14,15). The zero-order valence-electron chi connectivity index (χ0n) is 11.4. The first-order valence-electron chi connectivity index (χ1n) is 5.70. The van der Waals surface area contributed by atoms with Gasteiger partial charge in [0.2, 0.25) is 0 Å². The third kappa shape index (κ3) is 6.43. The molecule has 1 amide bonds. The van der Waals surface area contributed by atoms with E-state index in [1.165, 1.54) is 0 Å². The summed E-state index contributed by atoms with van der Waals surface area (Å²) in [5, 5.41) is 4.10. The summed E-state index contributed by atoms with van der Waals surface area (Å²) in [6.07, 6.45) is -0.508. The number of hydrogen-bond donors (Lipinski definition) is 1. The van der Waals surface area contributed by atoms with Crippen LogP contribution in [0.1, 0.15) is 48.5 Å². The predicted octanol–water partition coefficient (Wildman–Crippen LogP) is 3.18. The number of nitrogens with one attached hydrogen (secondary N) is 1. The number of hydrazone groups is 1. The lowest BCUT2D eigenvalue weighted by Crippen LogP contribution is -2.31. The van der Waals surface area contributed by atoms with Crippen molar-refractivity contribution in [3.05, 3.63) is 0 Å². The van der Waals surface area contributed by atoms with Crippen LogP contribution in [0.3, 0.4) is 0 Å². The number of carbonyl (C=O) groups excluding carboxylic acids is 1. The van der Waals surface area contributed by atoms with Crippen molar-refractivity contribution >= 4 is 11.8 Å². The van der Waals surface area contributed by atoms with E-state index in [2.05, 4.69) is 38.2 Å². The topological polar surface area (TPSA) is 50.7 Å². The van der Waals surface area contributed by atoms with Crippen molar-refractivity contribution in [1.29, 1.82) is 0 Å². The fourth-order valence-electron chi connectivity index (χ4n) is 1.34. The molecule has 16 heavy (non-hydrogen) atoms. The zero-order valence-corrected chi connectivity index (χ0v) is 11.4. The summed E-state index contributed by atoms with van der Waals surface area (Å²) >= 11 is 0. The van der Waals surface area contributed by atoms with Crippen LogP contribution in [-0.2, 0) is 4.74 Å². The van der Waals surface area contributed by atoms with Gasteiger partial charge in [-0.05, 0) is 32.6 Å². The van der Waals surface area contributed by atoms with Crippen LogP contribution in [0.15, 0.2) is 5.10 Å². The summed E-state index contributed by atoms with van der Waals surface area (Å²) in [4.78, 5) is 11.4. The normalized spacial score (nSPS) is 11.6. The van der Waals surface area contributed by atoms with Gasteiger partial charge in [-0.3, -0.25) is 0 Å². The minimum Gasteiger partial charge on any atom is -0.443 e. The highest BCUT2D eigenvalue weighted by Gasteiger charge is 2.16. The van der Waals surface area contributed by atoms with Crippen molar-refractivity contribution in [1.82, 2.24) is 5.43 Å². The molecule has 0 fully saturated rings. The molecule has 4 nitrogen and oxygen atoms in total. The number of ether oxygens (including phenoxy) is 1. The molecule has 0 aliphatic rings. The van der Waals surface area contributed by atoms with Crippen LogP contribution in [-0.4, -0.2) is 17.4 Å². The number of carbonyl (C=O) groups is 1. The summed E-state index contributed by atoms with van der Waals surface area (Å²) in [6, 6.07) is 0. The van der Waals surface area contributed by atoms with Crippen LogP contribution < -0.4 is 5.43 Å². The number of rotatable bonds is 3. The molecule has 0 radical (unpaired) electrons. The summed E-state index contributed by atoms with van der Waals surface area (Å²) in [5.74, 6) is 0.630. The van der Waals surface area contributed by atoms with Crippen molar-refractivity contribution in [2.45, 2.75) is 54.1 Å². The second kappa shape index (κ2) is 5.87. The molecule has 0 saturated carbocycles. The van der Waals surface area contributed by atoms with Crippen molar-refractivity contribution in [2.75, 3.05) is 0 Å². The SMILES string of the molecule is CC(C)C(=NNC(=O)OC(C)(C)C)C(C)C. The third-order valence-electron chi connectivity index (χ3n) is 1.86. The van der Waals surface area contributed by atoms with Crippen molar-refractivity contribution in [2.24, 2.45) is 16.9 Å². The Balaban J connectivity index is 4.39. The van der Waals surface area contributed by atoms with Gasteiger partial charge in [0.1, 0.15) is 5.60 Å². The van der Waals surface area contributed by atoms with E-state index in [4.69, 9.17) is 4.74 Å². The Labute approximate surface area is 98.4 Å². The lowest BCUT2D eigenvalue weighted by Gasteiger charge is -2.19.